The summed E-state index contributed by atoms with van der Waals surface area (Å²) in [6.45, 7) is 5.91. The Bertz CT molecular complexity index is 2240. The first kappa shape index (κ1) is 37.2. The predicted octanol–water partition coefficient (Wildman–Crippen LogP) is 3.51. The first-order valence-electron chi connectivity index (χ1n) is 19.9. The van der Waals surface area contributed by atoms with Crippen LogP contribution < -0.4 is 31.6 Å². The first-order chi connectivity index (χ1) is 27.6. The number of nitrogens with two attached hydrogens (primary N) is 1. The number of amides is 3. The van der Waals surface area contributed by atoms with Gasteiger partial charge in [0.05, 0.1) is 23.5 Å². The second-order valence-electron chi connectivity index (χ2n) is 15.8. The van der Waals surface area contributed by atoms with Gasteiger partial charge >= 0.3 is 0 Å². The number of hydrogen-bond donors (Lipinski definition) is 4. The number of carbonyl (C=O) groups is 3. The van der Waals surface area contributed by atoms with E-state index in [2.05, 4.69) is 84.1 Å². The van der Waals surface area contributed by atoms with Gasteiger partial charge in [0.15, 0.2) is 5.82 Å². The fourth-order valence-corrected chi connectivity index (χ4v) is 9.54. The summed E-state index contributed by atoms with van der Waals surface area (Å²) >= 11 is 6.55. The molecule has 3 fully saturated rings. The fourth-order valence-electron chi connectivity index (χ4n) is 9.29. The molecular formula is C42H48ClN11O3. The van der Waals surface area contributed by atoms with Crippen LogP contribution in [-0.4, -0.2) is 107 Å². The lowest BCUT2D eigenvalue weighted by Gasteiger charge is -2.48. The fraction of sp³-hybridized carbons (Fsp3) is 0.405. The Balaban J connectivity index is 0.780. The van der Waals surface area contributed by atoms with Gasteiger partial charge in [0, 0.05) is 100 Å². The number of pyridine rings is 1. The number of imide groups is 1. The maximum absolute atomic E-state index is 12.6. The molecule has 3 saturated heterocycles. The highest BCUT2D eigenvalue weighted by Crippen LogP contribution is 2.38. The van der Waals surface area contributed by atoms with Crippen LogP contribution in [0.15, 0.2) is 67.0 Å². The van der Waals surface area contributed by atoms with E-state index in [1.165, 1.54) is 17.3 Å². The average molecular weight is 790 g/mol. The lowest BCUT2D eigenvalue weighted by Crippen LogP contribution is -2.61. The summed E-state index contributed by atoms with van der Waals surface area (Å²) in [6.07, 6.45) is 9.25. The van der Waals surface area contributed by atoms with E-state index in [-0.39, 0.29) is 18.0 Å². The van der Waals surface area contributed by atoms with Crippen LogP contribution in [0.25, 0.3) is 17.0 Å². The zero-order valence-electron chi connectivity index (χ0n) is 32.2. The Kier molecular flexibility index (Phi) is 9.87. The van der Waals surface area contributed by atoms with Crippen LogP contribution in [0.5, 0.6) is 0 Å². The molecule has 2 unspecified atom stereocenters. The number of rotatable bonds is 10. The second-order valence-corrected chi connectivity index (χ2v) is 16.2. The molecule has 0 bridgehead atoms. The Morgan fingerprint density at radius 2 is 1.84 bits per heavy atom. The number of primary amides is 1. The average Bonchev–Trinajstić information content (AvgIpc) is 3.85. The highest BCUT2D eigenvalue weighted by atomic mass is 35.5. The first-order valence-corrected chi connectivity index (χ1v) is 20.2. The third-order valence-electron chi connectivity index (χ3n) is 12.5. The smallest absolute Gasteiger partial charge is 0.268 e. The van der Waals surface area contributed by atoms with Crippen molar-refractivity contribution in [3.63, 3.8) is 0 Å². The summed E-state index contributed by atoms with van der Waals surface area (Å²) < 4.78 is 1.68. The van der Waals surface area contributed by atoms with Gasteiger partial charge in [-0.1, -0.05) is 29.8 Å². The lowest BCUT2D eigenvalue weighted by atomic mass is 9.90. The zero-order chi connectivity index (χ0) is 39.4. The Morgan fingerprint density at radius 1 is 1.02 bits per heavy atom. The highest BCUT2D eigenvalue weighted by molar-refractivity contribution is 6.31. The van der Waals surface area contributed by atoms with E-state index in [0.29, 0.717) is 41.5 Å². The van der Waals surface area contributed by atoms with Crippen molar-refractivity contribution >= 4 is 46.4 Å². The van der Waals surface area contributed by atoms with Crippen molar-refractivity contribution in [3.05, 3.63) is 100 Å². The molecule has 14 nitrogen and oxygen atoms in total. The number of imidazole rings is 1. The molecular weight excluding hydrogens is 742 g/mol. The van der Waals surface area contributed by atoms with Crippen molar-refractivity contribution in [2.24, 2.45) is 5.73 Å². The summed E-state index contributed by atoms with van der Waals surface area (Å²) in [5.41, 5.74) is 17.8. The van der Waals surface area contributed by atoms with Crippen molar-refractivity contribution in [1.29, 1.82) is 0 Å². The van der Waals surface area contributed by atoms with E-state index in [4.69, 9.17) is 22.3 Å². The number of piperidine rings is 2. The molecule has 296 valence electrons. The minimum Gasteiger partial charge on any atom is -0.385 e. The highest BCUT2D eigenvalue weighted by Gasteiger charge is 2.36. The molecule has 15 heteroatoms. The zero-order valence-corrected chi connectivity index (χ0v) is 33.0. The number of fused-ring (bicyclic) bond motifs is 2. The topological polar surface area (TPSA) is 157 Å². The minimum absolute atomic E-state index is 0.205. The van der Waals surface area contributed by atoms with Crippen LogP contribution in [0.1, 0.15) is 64.6 Å². The van der Waals surface area contributed by atoms with Crippen LogP contribution in [-0.2, 0) is 22.6 Å². The molecule has 7 heterocycles. The van der Waals surface area contributed by atoms with Gasteiger partial charge in [0.25, 0.3) is 5.91 Å². The van der Waals surface area contributed by atoms with E-state index >= 15 is 0 Å². The van der Waals surface area contributed by atoms with Crippen molar-refractivity contribution in [3.8, 4) is 11.3 Å². The summed E-state index contributed by atoms with van der Waals surface area (Å²) in [5.74, 6) is -0.795. The number of aromatic nitrogens is 3. The molecule has 0 saturated carbocycles. The molecule has 5 aliphatic rings. The molecule has 2 aromatic heterocycles. The molecule has 2 aromatic carbocycles. The van der Waals surface area contributed by atoms with Gasteiger partial charge in [-0.25, -0.2) is 9.66 Å². The third-order valence-corrected chi connectivity index (χ3v) is 12.9. The second kappa shape index (κ2) is 15.1. The van der Waals surface area contributed by atoms with Gasteiger partial charge in [-0.15, -0.1) is 0 Å². The Morgan fingerprint density at radius 3 is 2.58 bits per heavy atom. The van der Waals surface area contributed by atoms with Crippen LogP contribution in [0, 0.1) is 0 Å². The van der Waals surface area contributed by atoms with Crippen molar-refractivity contribution < 1.29 is 14.4 Å². The van der Waals surface area contributed by atoms with Gasteiger partial charge < -0.3 is 20.9 Å². The molecule has 9 rings (SSSR count). The number of nitrogens with zero attached hydrogens (tertiary/aromatic N) is 7. The number of nitrogens with one attached hydrogen (secondary N) is 3. The van der Waals surface area contributed by atoms with Gasteiger partial charge in [-0.05, 0) is 78.8 Å². The molecule has 57 heavy (non-hydrogen) atoms. The SMILES string of the molecule is CNC1=CC(N2CCc3c(-c4ccc(CN5CC(N6CCC(N(C)c7ccc(Cl)c(C8CCC(=O)NC8=O)c7)CC6)C5)cn4)cccc32)Nn2c(C(N)=O)cnc21. The molecule has 5 aliphatic heterocycles. The van der Waals surface area contributed by atoms with E-state index in [1.54, 1.807) is 4.68 Å². The van der Waals surface area contributed by atoms with Crippen molar-refractivity contribution in [2.45, 2.75) is 62.8 Å². The van der Waals surface area contributed by atoms with Crippen molar-refractivity contribution in [2.75, 3.05) is 62.0 Å². The number of likely N-dealkylation sites (tertiary alicyclic amines) is 2. The number of carbonyl (C=O) groups excluding carboxylic acids is 3. The van der Waals surface area contributed by atoms with Gasteiger partial charge in [0.2, 0.25) is 11.8 Å². The van der Waals surface area contributed by atoms with Gasteiger partial charge in [-0.2, -0.15) is 0 Å². The van der Waals surface area contributed by atoms with Crippen LogP contribution in [0.3, 0.4) is 0 Å². The van der Waals surface area contributed by atoms with Crippen molar-refractivity contribution in [1.82, 2.24) is 35.1 Å². The van der Waals surface area contributed by atoms with E-state index < -0.39 is 11.8 Å². The quantitative estimate of drug-likeness (QED) is 0.175. The maximum Gasteiger partial charge on any atom is 0.268 e. The van der Waals surface area contributed by atoms with Crippen LogP contribution >= 0.6 is 11.6 Å². The third kappa shape index (κ3) is 6.99. The predicted molar refractivity (Wildman–Crippen MR) is 220 cm³/mol. The molecule has 5 N–H and O–H groups in total. The largest absolute Gasteiger partial charge is 0.385 e. The van der Waals surface area contributed by atoms with E-state index in [1.807, 2.05) is 31.4 Å². The Hall–Kier alpha value is -5.44. The molecule has 0 aliphatic carbocycles. The summed E-state index contributed by atoms with van der Waals surface area (Å²) in [6, 6.07) is 17.7. The number of anilines is 2. The monoisotopic (exact) mass is 789 g/mol. The summed E-state index contributed by atoms with van der Waals surface area (Å²) in [7, 11) is 3.98. The molecule has 4 aromatic rings. The summed E-state index contributed by atoms with van der Waals surface area (Å²) in [5, 5.41) is 6.25. The molecule has 3 amide bonds. The van der Waals surface area contributed by atoms with Gasteiger partial charge in [0.1, 0.15) is 11.9 Å². The number of benzene rings is 2. The number of halogens is 1. The molecule has 0 radical (unpaired) electrons. The van der Waals surface area contributed by atoms with Crippen LogP contribution in [0.4, 0.5) is 11.4 Å². The van der Waals surface area contributed by atoms with E-state index in [9.17, 15) is 14.4 Å². The number of hydrogen-bond acceptors (Lipinski definition) is 11. The lowest BCUT2D eigenvalue weighted by molar-refractivity contribution is -0.134. The maximum atomic E-state index is 12.6. The standard InChI is InChI=1S/C42H48ClN11O3/c1-45-35-19-38(49-54-37(40(44)56)21-47-41(35)54)53-17-14-30-29(4-3-5-36(30)53)34-10-6-25(20-46-34)22-51-23-28(24-51)52-15-12-26(13-16-52)50(2)27-7-9-33(43)32(18-27)31-8-11-39(55)48-42(31)57/h3-7,9-10,18-21,26,28,31,38,45,49H,8,11-17,22-24H2,1-2H3,(H2,44,56)(H,48,55,57). The van der Waals surface area contributed by atoms with E-state index in [0.717, 1.165) is 92.4 Å². The summed E-state index contributed by atoms with van der Waals surface area (Å²) in [4.78, 5) is 55.5. The normalized spacial score (nSPS) is 21.6. The molecule has 0 spiro atoms. The van der Waals surface area contributed by atoms with Gasteiger partial charge in [-0.3, -0.25) is 39.9 Å². The molecule has 2 atom stereocenters. The Labute approximate surface area is 337 Å². The van der Waals surface area contributed by atoms with Crippen LogP contribution in [0.2, 0.25) is 5.02 Å². The minimum atomic E-state index is -0.536.